The van der Waals surface area contributed by atoms with Gasteiger partial charge in [-0.3, -0.25) is 4.99 Å². The van der Waals surface area contributed by atoms with E-state index in [0.29, 0.717) is 19.6 Å². The number of nitrogens with two attached hydrogens (primary N) is 2. The van der Waals surface area contributed by atoms with Crippen molar-refractivity contribution in [3.8, 4) is 0 Å². The maximum absolute atomic E-state index is 5.91. The van der Waals surface area contributed by atoms with Crippen molar-refractivity contribution in [3.05, 3.63) is 59.2 Å². The summed E-state index contributed by atoms with van der Waals surface area (Å²) in [5.41, 5.74) is 11.9. The lowest BCUT2D eigenvalue weighted by molar-refractivity contribution is 0.775. The molecule has 0 aliphatic carbocycles. The fraction of sp³-hybridized carbons (Fsp3) is 0.200. The van der Waals surface area contributed by atoms with Gasteiger partial charge >= 0.3 is 0 Å². The van der Waals surface area contributed by atoms with Crippen LogP contribution in [0.25, 0.3) is 0 Å². The molecule has 0 atom stereocenters. The highest BCUT2D eigenvalue weighted by molar-refractivity contribution is 6.30. The molecule has 0 saturated carbocycles. The van der Waals surface area contributed by atoms with Crippen LogP contribution in [0.4, 0.5) is 5.82 Å². The van der Waals surface area contributed by atoms with Gasteiger partial charge in [0.25, 0.3) is 0 Å². The first-order chi connectivity index (χ1) is 10.1. The van der Waals surface area contributed by atoms with Crippen LogP contribution in [0.1, 0.15) is 5.56 Å². The zero-order valence-corrected chi connectivity index (χ0v) is 12.4. The molecule has 110 valence electrons. The minimum atomic E-state index is 0.0995. The molecular formula is C15H18ClN5. The third-order valence-electron chi connectivity index (χ3n) is 2.92. The first kappa shape index (κ1) is 15.1. The van der Waals surface area contributed by atoms with Crippen LogP contribution >= 0.6 is 11.6 Å². The van der Waals surface area contributed by atoms with Crippen molar-refractivity contribution < 1.29 is 0 Å². The lowest BCUT2D eigenvalue weighted by atomic mass is 10.2. The number of anilines is 1. The van der Waals surface area contributed by atoms with Crippen LogP contribution in [0.2, 0.25) is 5.02 Å². The third-order valence-corrected chi connectivity index (χ3v) is 3.18. The number of halogens is 1. The third kappa shape index (κ3) is 4.96. The minimum Gasteiger partial charge on any atom is -0.370 e. The summed E-state index contributed by atoms with van der Waals surface area (Å²) in [5.74, 6) is 0.987. The summed E-state index contributed by atoms with van der Waals surface area (Å²) >= 11 is 5.91. The van der Waals surface area contributed by atoms with Gasteiger partial charge < -0.3 is 16.4 Å². The van der Waals surface area contributed by atoms with Crippen LogP contribution < -0.4 is 16.4 Å². The molecule has 1 aromatic heterocycles. The summed E-state index contributed by atoms with van der Waals surface area (Å²) in [6.07, 6.45) is 1.77. The van der Waals surface area contributed by atoms with Crippen molar-refractivity contribution in [3.63, 3.8) is 0 Å². The first-order valence-corrected chi connectivity index (χ1v) is 6.99. The predicted molar refractivity (Wildman–Crippen MR) is 87.4 cm³/mol. The highest BCUT2D eigenvalue weighted by Gasteiger charge is 2.08. The average molecular weight is 304 g/mol. The van der Waals surface area contributed by atoms with Gasteiger partial charge in [0.15, 0.2) is 5.96 Å². The van der Waals surface area contributed by atoms with Crippen molar-refractivity contribution in [2.75, 3.05) is 18.0 Å². The van der Waals surface area contributed by atoms with Gasteiger partial charge in [-0.2, -0.15) is 0 Å². The van der Waals surface area contributed by atoms with Crippen molar-refractivity contribution in [2.45, 2.75) is 6.54 Å². The van der Waals surface area contributed by atoms with Gasteiger partial charge in [-0.25, -0.2) is 4.98 Å². The Labute approximate surface area is 129 Å². The molecule has 0 fully saturated rings. The molecule has 5 nitrogen and oxygen atoms in total. The van der Waals surface area contributed by atoms with Crippen LogP contribution in [0.15, 0.2) is 53.7 Å². The smallest absolute Gasteiger partial charge is 0.185 e. The van der Waals surface area contributed by atoms with Crippen LogP contribution in [-0.2, 0) is 6.54 Å². The van der Waals surface area contributed by atoms with Gasteiger partial charge in [0.2, 0.25) is 0 Å². The van der Waals surface area contributed by atoms with E-state index >= 15 is 0 Å². The number of hydrogen-bond donors (Lipinski definition) is 2. The topological polar surface area (TPSA) is 80.5 Å². The highest BCUT2D eigenvalue weighted by atomic mass is 35.5. The number of aromatic nitrogens is 1. The van der Waals surface area contributed by atoms with E-state index < -0.39 is 0 Å². The van der Waals surface area contributed by atoms with E-state index in [1.54, 1.807) is 6.20 Å². The molecule has 1 heterocycles. The van der Waals surface area contributed by atoms with E-state index in [9.17, 15) is 0 Å². The van der Waals surface area contributed by atoms with Gasteiger partial charge in [0.05, 0.1) is 6.54 Å². The van der Waals surface area contributed by atoms with E-state index in [2.05, 4.69) is 14.9 Å². The molecule has 0 radical (unpaired) electrons. The second kappa shape index (κ2) is 7.50. The zero-order chi connectivity index (χ0) is 15.1. The second-order valence-electron chi connectivity index (χ2n) is 4.54. The summed E-state index contributed by atoms with van der Waals surface area (Å²) in [4.78, 5) is 10.5. The zero-order valence-electron chi connectivity index (χ0n) is 11.6. The summed E-state index contributed by atoms with van der Waals surface area (Å²) < 4.78 is 0. The highest BCUT2D eigenvalue weighted by Crippen LogP contribution is 2.16. The molecule has 0 aliphatic rings. The average Bonchev–Trinajstić information content (AvgIpc) is 2.49. The van der Waals surface area contributed by atoms with Crippen LogP contribution in [0.5, 0.6) is 0 Å². The quantitative estimate of drug-likeness (QED) is 0.632. The molecule has 21 heavy (non-hydrogen) atoms. The number of aliphatic imine (C=N–C) groups is 1. The van der Waals surface area contributed by atoms with E-state index in [1.165, 1.54) is 0 Å². The maximum atomic E-state index is 5.91. The molecule has 2 aromatic rings. The standard InChI is InChI=1S/C15H18ClN5/c16-13-6-4-12(5-7-13)11-21(10-9-20-15(17)18)14-3-1-2-8-19-14/h1-8H,9-11H2,(H4,17,18,20). The van der Waals surface area contributed by atoms with Crippen molar-refractivity contribution >= 4 is 23.4 Å². The summed E-state index contributed by atoms with van der Waals surface area (Å²) in [6, 6.07) is 13.6. The van der Waals surface area contributed by atoms with Crippen LogP contribution in [-0.4, -0.2) is 24.0 Å². The molecule has 4 N–H and O–H groups in total. The normalized spacial score (nSPS) is 10.1. The van der Waals surface area contributed by atoms with Gasteiger partial charge in [-0.1, -0.05) is 29.8 Å². The summed E-state index contributed by atoms with van der Waals surface area (Å²) in [6.45, 7) is 1.91. The number of nitrogens with zero attached hydrogens (tertiary/aromatic N) is 3. The Morgan fingerprint density at radius 3 is 2.52 bits per heavy atom. The van der Waals surface area contributed by atoms with E-state index in [1.807, 2.05) is 42.5 Å². The molecule has 0 bridgehead atoms. The van der Waals surface area contributed by atoms with Gasteiger partial charge in [0.1, 0.15) is 5.82 Å². The number of benzene rings is 1. The Kier molecular flexibility index (Phi) is 5.40. The number of rotatable bonds is 6. The van der Waals surface area contributed by atoms with E-state index in [-0.39, 0.29) is 5.96 Å². The molecule has 0 saturated heterocycles. The molecule has 0 unspecified atom stereocenters. The minimum absolute atomic E-state index is 0.0995. The predicted octanol–water partition coefficient (Wildman–Crippen LogP) is 2.02. The molecule has 1 aromatic carbocycles. The monoisotopic (exact) mass is 303 g/mol. The van der Waals surface area contributed by atoms with Gasteiger partial charge in [-0.05, 0) is 29.8 Å². The lowest BCUT2D eigenvalue weighted by Gasteiger charge is -2.23. The lowest BCUT2D eigenvalue weighted by Crippen LogP contribution is -2.29. The van der Waals surface area contributed by atoms with Crippen LogP contribution in [0.3, 0.4) is 0 Å². The Balaban J connectivity index is 2.11. The SMILES string of the molecule is NC(N)=NCCN(Cc1ccc(Cl)cc1)c1ccccn1. The Bertz CT molecular complexity index is 579. The van der Waals surface area contributed by atoms with E-state index in [4.69, 9.17) is 23.1 Å². The Morgan fingerprint density at radius 2 is 1.90 bits per heavy atom. The van der Waals surface area contributed by atoms with E-state index in [0.717, 1.165) is 16.4 Å². The molecule has 0 spiro atoms. The fourth-order valence-corrected chi connectivity index (χ4v) is 2.05. The number of guanidine groups is 1. The molecule has 2 rings (SSSR count). The summed E-state index contributed by atoms with van der Waals surface area (Å²) in [7, 11) is 0. The molecule has 0 amide bonds. The molecule has 0 aliphatic heterocycles. The van der Waals surface area contributed by atoms with Crippen LogP contribution in [0, 0.1) is 0 Å². The number of hydrogen-bond acceptors (Lipinski definition) is 3. The maximum Gasteiger partial charge on any atom is 0.185 e. The Hall–Kier alpha value is -2.27. The fourth-order valence-electron chi connectivity index (χ4n) is 1.93. The second-order valence-corrected chi connectivity index (χ2v) is 4.98. The van der Waals surface area contributed by atoms with Gasteiger partial charge in [0, 0.05) is 24.3 Å². The number of pyridine rings is 1. The first-order valence-electron chi connectivity index (χ1n) is 6.61. The molecular weight excluding hydrogens is 286 g/mol. The largest absolute Gasteiger partial charge is 0.370 e. The van der Waals surface area contributed by atoms with Crippen molar-refractivity contribution in [1.82, 2.24) is 4.98 Å². The van der Waals surface area contributed by atoms with Crippen molar-refractivity contribution in [2.24, 2.45) is 16.5 Å². The Morgan fingerprint density at radius 1 is 1.14 bits per heavy atom. The van der Waals surface area contributed by atoms with Gasteiger partial charge in [-0.15, -0.1) is 0 Å². The summed E-state index contributed by atoms with van der Waals surface area (Å²) in [5, 5.41) is 0.726. The molecule has 6 heteroatoms. The van der Waals surface area contributed by atoms with Crippen molar-refractivity contribution in [1.29, 1.82) is 0 Å².